The van der Waals surface area contributed by atoms with Crippen LogP contribution in [0.1, 0.15) is 5.56 Å². The van der Waals surface area contributed by atoms with E-state index in [0.29, 0.717) is 21.8 Å². The number of aryl methyl sites for hydroxylation is 1. The lowest BCUT2D eigenvalue weighted by Gasteiger charge is -2.19. The number of hydrogen-bond acceptors (Lipinski definition) is 4. The van der Waals surface area contributed by atoms with Gasteiger partial charge in [0.05, 0.1) is 5.56 Å². The van der Waals surface area contributed by atoms with Crippen molar-refractivity contribution < 1.29 is 0 Å². The average Bonchev–Trinajstić information content (AvgIpc) is 2.56. The van der Waals surface area contributed by atoms with Gasteiger partial charge in [-0.25, -0.2) is 0 Å². The molecule has 0 aromatic heterocycles. The second-order valence-corrected chi connectivity index (χ2v) is 6.37. The molecule has 24 heavy (non-hydrogen) atoms. The smallest absolute Gasteiger partial charge is 0.250 e. The molecule has 0 radical (unpaired) electrons. The number of halogens is 1. The quantitative estimate of drug-likeness (QED) is 0.735. The number of rotatable bonds is 4. The Morgan fingerprint density at radius 3 is 2.25 bits per heavy atom. The summed E-state index contributed by atoms with van der Waals surface area (Å²) in [6.45, 7) is 2.02. The molecule has 0 heterocycles. The number of benzene rings is 2. The van der Waals surface area contributed by atoms with Crippen molar-refractivity contribution in [2.45, 2.75) is 6.92 Å². The minimum atomic E-state index is -0.494. The van der Waals surface area contributed by atoms with Crippen molar-refractivity contribution in [2.75, 3.05) is 24.3 Å². The fraction of sp³-hybridized carbons (Fsp3) is 0.158. The molecule has 0 bridgehead atoms. The van der Waals surface area contributed by atoms with Crippen LogP contribution in [0.2, 0.25) is 5.02 Å². The van der Waals surface area contributed by atoms with E-state index in [0.717, 1.165) is 16.9 Å². The topological polar surface area (TPSA) is 49.4 Å². The highest BCUT2D eigenvalue weighted by Gasteiger charge is 2.22. The van der Waals surface area contributed by atoms with Crippen molar-refractivity contribution in [1.82, 2.24) is 0 Å². The van der Waals surface area contributed by atoms with Gasteiger partial charge in [0.15, 0.2) is 0 Å². The van der Waals surface area contributed by atoms with E-state index in [4.69, 9.17) is 11.6 Å². The van der Waals surface area contributed by atoms with E-state index in [1.165, 1.54) is 0 Å². The number of anilines is 3. The molecule has 3 rings (SSSR count). The van der Waals surface area contributed by atoms with E-state index in [-0.39, 0.29) is 0 Å². The number of nitrogens with one attached hydrogen (secondary N) is 1. The van der Waals surface area contributed by atoms with Gasteiger partial charge in [0.2, 0.25) is 5.43 Å². The Morgan fingerprint density at radius 2 is 1.62 bits per heavy atom. The van der Waals surface area contributed by atoms with E-state index in [9.17, 15) is 9.59 Å². The lowest BCUT2D eigenvalue weighted by Crippen LogP contribution is -2.35. The molecule has 4 nitrogen and oxygen atoms in total. The van der Waals surface area contributed by atoms with Crippen LogP contribution >= 0.6 is 11.6 Å². The first kappa shape index (κ1) is 16.3. The molecule has 0 saturated carbocycles. The highest BCUT2D eigenvalue weighted by Crippen LogP contribution is 2.29. The van der Waals surface area contributed by atoms with Gasteiger partial charge in [0.1, 0.15) is 5.69 Å². The molecule has 122 valence electrons. The van der Waals surface area contributed by atoms with Crippen molar-refractivity contribution in [1.29, 1.82) is 0 Å². The lowest BCUT2D eigenvalue weighted by atomic mass is 9.98. The monoisotopic (exact) mass is 340 g/mol. The van der Waals surface area contributed by atoms with Crippen LogP contribution in [0.3, 0.4) is 0 Å². The van der Waals surface area contributed by atoms with Crippen molar-refractivity contribution in [2.24, 2.45) is 0 Å². The second kappa shape index (κ2) is 6.13. The molecular formula is C19H17ClN2O2. The number of nitrogens with zero attached hydrogens (tertiary/aromatic N) is 1. The maximum Gasteiger partial charge on any atom is 0.250 e. The van der Waals surface area contributed by atoms with Crippen LogP contribution in [-0.4, -0.2) is 14.1 Å². The maximum absolute atomic E-state index is 12.0. The highest BCUT2D eigenvalue weighted by atomic mass is 35.5. The van der Waals surface area contributed by atoms with Crippen molar-refractivity contribution in [3.05, 3.63) is 73.5 Å². The molecule has 0 atom stereocenters. The third kappa shape index (κ3) is 2.81. The van der Waals surface area contributed by atoms with Gasteiger partial charge in [-0.1, -0.05) is 29.8 Å². The molecule has 0 unspecified atom stereocenters. The first-order chi connectivity index (χ1) is 11.4. The van der Waals surface area contributed by atoms with Crippen LogP contribution in [0, 0.1) is 6.92 Å². The van der Waals surface area contributed by atoms with Crippen LogP contribution in [0.15, 0.2) is 52.1 Å². The summed E-state index contributed by atoms with van der Waals surface area (Å²) in [5.41, 5.74) is 3.41. The van der Waals surface area contributed by atoms with Gasteiger partial charge in [-0.15, -0.1) is 0 Å². The summed E-state index contributed by atoms with van der Waals surface area (Å²) < 4.78 is 0. The summed E-state index contributed by atoms with van der Waals surface area (Å²) in [4.78, 5) is 26.0. The normalized spacial score (nSPS) is 10.8. The largest absolute Gasteiger partial charge is 0.377 e. The fourth-order valence-electron chi connectivity index (χ4n) is 2.72. The Bertz CT molecular complexity index is 968. The van der Waals surface area contributed by atoms with Gasteiger partial charge >= 0.3 is 0 Å². The zero-order chi connectivity index (χ0) is 17.4. The summed E-state index contributed by atoms with van der Waals surface area (Å²) >= 11 is 5.88. The summed E-state index contributed by atoms with van der Waals surface area (Å²) in [5.74, 6) is 0. The summed E-state index contributed by atoms with van der Waals surface area (Å²) in [6, 6.07) is 12.7. The Kier molecular flexibility index (Phi) is 4.16. The molecule has 3 aromatic carbocycles. The molecule has 0 aliphatic heterocycles. The third-order valence-electron chi connectivity index (χ3n) is 4.00. The van der Waals surface area contributed by atoms with E-state index in [1.54, 1.807) is 24.3 Å². The van der Waals surface area contributed by atoms with Gasteiger partial charge in [-0.2, -0.15) is 0 Å². The Morgan fingerprint density at radius 1 is 0.958 bits per heavy atom. The molecule has 0 fully saturated rings. The van der Waals surface area contributed by atoms with Crippen molar-refractivity contribution in [3.8, 4) is 11.1 Å². The second-order valence-electron chi connectivity index (χ2n) is 5.94. The Hall–Kier alpha value is -2.59. The van der Waals surface area contributed by atoms with Crippen LogP contribution in [-0.2, 0) is 0 Å². The molecule has 3 aromatic rings. The van der Waals surface area contributed by atoms with Crippen LogP contribution < -0.4 is 21.1 Å². The molecule has 0 spiro atoms. The van der Waals surface area contributed by atoms with Gasteiger partial charge in [0, 0.05) is 30.5 Å². The van der Waals surface area contributed by atoms with E-state index in [1.807, 2.05) is 44.1 Å². The molecule has 0 amide bonds. The fourth-order valence-corrected chi connectivity index (χ4v) is 2.84. The average molecular weight is 341 g/mol. The minimum absolute atomic E-state index is 0.330. The number of hydrogen-bond donors (Lipinski definition) is 1. The predicted octanol–water partition coefficient (Wildman–Crippen LogP) is 3.72. The molecule has 0 aliphatic carbocycles. The zero-order valence-electron chi connectivity index (χ0n) is 13.7. The highest BCUT2D eigenvalue weighted by molar-refractivity contribution is 6.30. The van der Waals surface area contributed by atoms with E-state index in [2.05, 4.69) is 5.32 Å². The molecule has 0 saturated heterocycles. The van der Waals surface area contributed by atoms with Crippen LogP contribution in [0.5, 0.6) is 0 Å². The first-order valence-electron chi connectivity index (χ1n) is 7.52. The standard InChI is InChI=1S/C19H17ClN2O2/c1-11-4-9-14(10-15(11)22(2)3)21-17-16(18(23)19(17)24)12-5-7-13(20)8-6-12/h4-10,21H,1-3H3. The molecule has 0 aliphatic rings. The maximum atomic E-state index is 12.0. The molecule has 1 N–H and O–H groups in total. The summed E-state index contributed by atoms with van der Waals surface area (Å²) in [5, 5.41) is 3.68. The lowest BCUT2D eigenvalue weighted by molar-refractivity contribution is 1.11. The first-order valence-corrected chi connectivity index (χ1v) is 7.90. The van der Waals surface area contributed by atoms with Crippen molar-refractivity contribution >= 4 is 28.7 Å². The molecule has 5 heteroatoms. The molecular weight excluding hydrogens is 324 g/mol. The van der Waals surface area contributed by atoms with Crippen molar-refractivity contribution in [3.63, 3.8) is 0 Å². The van der Waals surface area contributed by atoms with E-state index >= 15 is 0 Å². The summed E-state index contributed by atoms with van der Waals surface area (Å²) in [6.07, 6.45) is 0. The summed E-state index contributed by atoms with van der Waals surface area (Å²) in [7, 11) is 3.92. The van der Waals surface area contributed by atoms with Crippen LogP contribution in [0.4, 0.5) is 17.1 Å². The van der Waals surface area contributed by atoms with Gasteiger partial charge in [-0.05, 0) is 42.3 Å². The Labute approximate surface area is 145 Å². The van der Waals surface area contributed by atoms with Crippen LogP contribution in [0.25, 0.3) is 11.1 Å². The minimum Gasteiger partial charge on any atom is -0.377 e. The third-order valence-corrected chi connectivity index (χ3v) is 4.26. The Balaban J connectivity index is 1.99. The predicted molar refractivity (Wildman–Crippen MR) is 101 cm³/mol. The van der Waals surface area contributed by atoms with Gasteiger partial charge < -0.3 is 10.2 Å². The van der Waals surface area contributed by atoms with Gasteiger partial charge in [-0.3, -0.25) is 9.59 Å². The van der Waals surface area contributed by atoms with E-state index < -0.39 is 10.9 Å². The zero-order valence-corrected chi connectivity index (χ0v) is 14.4. The van der Waals surface area contributed by atoms with Gasteiger partial charge in [0.25, 0.3) is 5.43 Å². The SMILES string of the molecule is Cc1ccc(Nc2c(-c3ccc(Cl)cc3)c(=O)c2=O)cc1N(C)C.